The molecule has 2 aliphatic carbocycles. The molecule has 3 aliphatic rings. The first kappa shape index (κ1) is 23.9. The highest BCUT2D eigenvalue weighted by Gasteiger charge is 2.62. The van der Waals surface area contributed by atoms with Gasteiger partial charge < -0.3 is 14.8 Å². The molecule has 5 atom stereocenters. The van der Waals surface area contributed by atoms with Crippen LogP contribution in [0, 0.1) is 29.6 Å². The lowest BCUT2D eigenvalue weighted by Crippen LogP contribution is -2.50. The van der Waals surface area contributed by atoms with Gasteiger partial charge in [0.1, 0.15) is 6.04 Å². The Kier molecular flexibility index (Phi) is 6.72. The number of anilines is 1. The van der Waals surface area contributed by atoms with Gasteiger partial charge in [0.05, 0.1) is 24.0 Å². The number of esters is 2. The van der Waals surface area contributed by atoms with Crippen molar-refractivity contribution in [1.82, 2.24) is 4.90 Å². The molecule has 0 radical (unpaired) electrons. The molecule has 3 amide bonds. The Bertz CT molecular complexity index is 975. The molecule has 1 aromatic carbocycles. The molecule has 0 aromatic heterocycles. The lowest BCUT2D eigenvalue weighted by atomic mass is 9.81. The molecule has 1 aromatic rings. The molecule has 182 valence electrons. The van der Waals surface area contributed by atoms with Crippen LogP contribution in [0.15, 0.2) is 24.3 Å². The lowest BCUT2D eigenvalue weighted by Gasteiger charge is -2.28. The summed E-state index contributed by atoms with van der Waals surface area (Å²) in [6.07, 6.45) is 2.82. The molecule has 1 saturated heterocycles. The summed E-state index contributed by atoms with van der Waals surface area (Å²) >= 11 is 0. The van der Waals surface area contributed by atoms with Crippen LogP contribution in [-0.4, -0.2) is 53.8 Å². The van der Waals surface area contributed by atoms with Crippen molar-refractivity contribution >= 4 is 35.3 Å². The van der Waals surface area contributed by atoms with Gasteiger partial charge >= 0.3 is 11.9 Å². The van der Waals surface area contributed by atoms with Crippen LogP contribution in [0.25, 0.3) is 0 Å². The minimum atomic E-state index is -1.05. The molecule has 1 aliphatic heterocycles. The van der Waals surface area contributed by atoms with E-state index in [0.29, 0.717) is 11.3 Å². The van der Waals surface area contributed by atoms with Crippen LogP contribution in [0.4, 0.5) is 5.69 Å². The van der Waals surface area contributed by atoms with Crippen molar-refractivity contribution in [3.05, 3.63) is 29.8 Å². The number of ether oxygens (including phenoxy) is 2. The Morgan fingerprint density at radius 1 is 1.00 bits per heavy atom. The number of carbonyl (C=O) groups excluding carboxylic acids is 5. The molecule has 2 saturated carbocycles. The van der Waals surface area contributed by atoms with E-state index in [1.807, 2.05) is 0 Å². The maximum absolute atomic E-state index is 13.1. The molecule has 1 N–H and O–H groups in total. The summed E-state index contributed by atoms with van der Waals surface area (Å²) in [5.41, 5.74) is 0.770. The normalized spacial score (nSPS) is 25.9. The fourth-order valence-corrected chi connectivity index (χ4v) is 5.70. The van der Waals surface area contributed by atoms with Crippen molar-refractivity contribution in [3.8, 4) is 0 Å². The van der Waals surface area contributed by atoms with Gasteiger partial charge in [-0.05, 0) is 68.2 Å². The molecule has 9 nitrogen and oxygen atoms in total. The van der Waals surface area contributed by atoms with Crippen molar-refractivity contribution in [3.63, 3.8) is 0 Å². The largest absolute Gasteiger partial charge is 0.462 e. The monoisotopic (exact) mass is 470 g/mol. The highest BCUT2D eigenvalue weighted by molar-refractivity contribution is 6.08. The summed E-state index contributed by atoms with van der Waals surface area (Å²) in [5, 5.41) is 2.59. The average Bonchev–Trinajstić information content (AvgIpc) is 3.48. The second-order valence-electron chi connectivity index (χ2n) is 9.57. The molecule has 0 spiro atoms. The van der Waals surface area contributed by atoms with Crippen LogP contribution >= 0.6 is 0 Å². The van der Waals surface area contributed by atoms with Gasteiger partial charge in [-0.25, -0.2) is 9.59 Å². The van der Waals surface area contributed by atoms with Crippen LogP contribution in [0.1, 0.15) is 50.4 Å². The van der Waals surface area contributed by atoms with Crippen LogP contribution in [0.3, 0.4) is 0 Å². The number of imide groups is 1. The molecule has 3 fully saturated rings. The lowest BCUT2D eigenvalue weighted by molar-refractivity contribution is -0.162. The van der Waals surface area contributed by atoms with E-state index in [9.17, 15) is 24.0 Å². The fraction of sp³-hybridized carbons (Fsp3) is 0.560. The van der Waals surface area contributed by atoms with Gasteiger partial charge in [-0.3, -0.25) is 19.3 Å². The highest BCUT2D eigenvalue weighted by atomic mass is 16.5. The Hall–Kier alpha value is -3.23. The zero-order valence-electron chi connectivity index (χ0n) is 19.6. The van der Waals surface area contributed by atoms with Crippen LogP contribution in [-0.2, 0) is 28.7 Å². The van der Waals surface area contributed by atoms with Crippen LogP contribution in [0.5, 0.6) is 0 Å². The number of benzene rings is 1. The topological polar surface area (TPSA) is 119 Å². The number of amides is 3. The first-order valence-corrected chi connectivity index (χ1v) is 11.8. The van der Waals surface area contributed by atoms with E-state index in [-0.39, 0.29) is 48.0 Å². The molecule has 4 rings (SSSR count). The summed E-state index contributed by atoms with van der Waals surface area (Å²) in [7, 11) is 0. The fourth-order valence-electron chi connectivity index (χ4n) is 5.70. The third kappa shape index (κ3) is 4.31. The predicted molar refractivity (Wildman–Crippen MR) is 120 cm³/mol. The standard InChI is InChI=1S/C25H30N2O7/c1-4-33-24(31)14-7-9-17(10-8-14)26-18(28)12-34-25(32)21(13(2)3)27-22(29)19-15-5-6-16(11-15)20(19)23(27)30/h7-10,13,15-16,19-21H,4-6,11-12H2,1-3H3,(H,26,28)/t15-,16-,19+,20+,21-/m0/s1. The average molecular weight is 471 g/mol. The minimum Gasteiger partial charge on any atom is -0.462 e. The molecule has 34 heavy (non-hydrogen) atoms. The maximum Gasteiger partial charge on any atom is 0.338 e. The number of fused-ring (bicyclic) bond motifs is 5. The van der Waals surface area contributed by atoms with Crippen molar-refractivity contribution < 1.29 is 33.4 Å². The summed E-state index contributed by atoms with van der Waals surface area (Å²) in [5.74, 6) is -2.89. The first-order valence-electron chi connectivity index (χ1n) is 11.8. The number of rotatable bonds is 8. The zero-order valence-corrected chi connectivity index (χ0v) is 19.6. The van der Waals surface area contributed by atoms with E-state index >= 15 is 0 Å². The van der Waals surface area contributed by atoms with Crippen LogP contribution in [0.2, 0.25) is 0 Å². The molecule has 1 heterocycles. The van der Waals surface area contributed by atoms with E-state index in [0.717, 1.165) is 24.2 Å². The number of hydrogen-bond donors (Lipinski definition) is 1. The van der Waals surface area contributed by atoms with Crippen molar-refractivity contribution in [2.75, 3.05) is 18.5 Å². The van der Waals surface area contributed by atoms with Crippen molar-refractivity contribution in [2.24, 2.45) is 29.6 Å². The summed E-state index contributed by atoms with van der Waals surface area (Å²) < 4.78 is 10.1. The van der Waals surface area contributed by atoms with E-state index in [1.54, 1.807) is 20.8 Å². The van der Waals surface area contributed by atoms with E-state index in [1.165, 1.54) is 24.3 Å². The Morgan fingerprint density at radius 3 is 2.12 bits per heavy atom. The third-order valence-corrected chi connectivity index (χ3v) is 7.14. The number of carbonyl (C=O) groups is 5. The summed E-state index contributed by atoms with van der Waals surface area (Å²) in [4.78, 5) is 64.3. The number of nitrogens with zero attached hydrogens (tertiary/aromatic N) is 1. The first-order chi connectivity index (χ1) is 16.2. The van der Waals surface area contributed by atoms with Gasteiger partial charge in [0, 0.05) is 5.69 Å². The zero-order chi connectivity index (χ0) is 24.6. The van der Waals surface area contributed by atoms with Gasteiger partial charge in [-0.2, -0.15) is 0 Å². The molecular weight excluding hydrogens is 440 g/mol. The number of nitrogens with one attached hydrogen (secondary N) is 1. The van der Waals surface area contributed by atoms with Crippen molar-refractivity contribution in [2.45, 2.75) is 46.1 Å². The van der Waals surface area contributed by atoms with E-state index < -0.39 is 30.5 Å². The molecular formula is C25H30N2O7. The number of likely N-dealkylation sites (tertiary alicyclic amines) is 1. The Balaban J connectivity index is 1.35. The second-order valence-corrected chi connectivity index (χ2v) is 9.57. The molecule has 2 bridgehead atoms. The molecule has 9 heteroatoms. The van der Waals surface area contributed by atoms with Crippen molar-refractivity contribution in [1.29, 1.82) is 0 Å². The van der Waals surface area contributed by atoms with Gasteiger partial charge in [0.15, 0.2) is 6.61 Å². The van der Waals surface area contributed by atoms with E-state index in [4.69, 9.17) is 9.47 Å². The smallest absolute Gasteiger partial charge is 0.338 e. The Labute approximate surface area is 198 Å². The van der Waals surface area contributed by atoms with Gasteiger partial charge in [0.2, 0.25) is 11.8 Å². The third-order valence-electron chi connectivity index (χ3n) is 7.14. The number of hydrogen-bond acceptors (Lipinski definition) is 7. The van der Waals surface area contributed by atoms with Gasteiger partial charge in [-0.15, -0.1) is 0 Å². The SMILES string of the molecule is CCOC(=O)c1ccc(NC(=O)COC(=O)[C@H](C(C)C)N2C(=O)[C@@H]3[C@H]4CC[C@@H](C4)[C@H]3C2=O)cc1. The highest BCUT2D eigenvalue weighted by Crippen LogP contribution is 2.56. The predicted octanol–water partition coefficient (Wildman–Crippen LogP) is 2.40. The summed E-state index contributed by atoms with van der Waals surface area (Å²) in [6.45, 7) is 4.91. The van der Waals surface area contributed by atoms with Gasteiger partial charge in [-0.1, -0.05) is 13.8 Å². The quantitative estimate of drug-likeness (QED) is 0.458. The van der Waals surface area contributed by atoms with E-state index in [2.05, 4.69) is 5.32 Å². The summed E-state index contributed by atoms with van der Waals surface area (Å²) in [6, 6.07) is 5.06. The van der Waals surface area contributed by atoms with Gasteiger partial charge in [0.25, 0.3) is 5.91 Å². The second kappa shape index (κ2) is 9.56. The minimum absolute atomic E-state index is 0.223. The van der Waals surface area contributed by atoms with Crippen LogP contribution < -0.4 is 5.32 Å². The molecule has 0 unspecified atom stereocenters. The maximum atomic E-state index is 13.1. The Morgan fingerprint density at radius 2 is 1.59 bits per heavy atom.